The van der Waals surface area contributed by atoms with Crippen molar-refractivity contribution in [3.63, 3.8) is 0 Å². The van der Waals surface area contributed by atoms with Crippen LogP contribution in [0.3, 0.4) is 0 Å². The molecule has 1 heterocycles. The average Bonchev–Trinajstić information content (AvgIpc) is 2.47. The molecule has 5 nitrogen and oxygen atoms in total. The Bertz CT molecular complexity index is 599. The van der Waals surface area contributed by atoms with Crippen molar-refractivity contribution in [3.05, 3.63) is 28.2 Å². The van der Waals surface area contributed by atoms with E-state index in [1.807, 2.05) is 13.0 Å². The molecule has 0 saturated carbocycles. The second-order valence-corrected chi connectivity index (χ2v) is 8.35. The highest BCUT2D eigenvalue weighted by molar-refractivity contribution is 9.10. The topological polar surface area (TPSA) is 72.6 Å². The van der Waals surface area contributed by atoms with Crippen molar-refractivity contribution in [2.45, 2.75) is 37.2 Å². The van der Waals surface area contributed by atoms with Gasteiger partial charge in [-0.15, -0.1) is 0 Å². The first kappa shape index (κ1) is 17.9. The van der Waals surface area contributed by atoms with Gasteiger partial charge in [0.05, 0.1) is 11.0 Å². The van der Waals surface area contributed by atoms with Gasteiger partial charge in [0.2, 0.25) is 10.0 Å². The lowest BCUT2D eigenvalue weighted by atomic mass is 10.1. The van der Waals surface area contributed by atoms with Crippen LogP contribution in [-0.2, 0) is 14.8 Å². The van der Waals surface area contributed by atoms with Gasteiger partial charge in [0.15, 0.2) is 0 Å². The molecule has 0 radical (unpaired) electrons. The summed E-state index contributed by atoms with van der Waals surface area (Å²) in [7, 11) is -3.42. The van der Waals surface area contributed by atoms with Crippen LogP contribution < -0.4 is 5.73 Å². The molecule has 0 atom stereocenters. The summed E-state index contributed by atoms with van der Waals surface area (Å²) in [6, 6.07) is 5.26. The van der Waals surface area contributed by atoms with E-state index in [0.717, 1.165) is 29.3 Å². The van der Waals surface area contributed by atoms with Gasteiger partial charge < -0.3 is 10.5 Å². The van der Waals surface area contributed by atoms with Gasteiger partial charge in [0.25, 0.3) is 0 Å². The van der Waals surface area contributed by atoms with E-state index in [1.54, 1.807) is 16.4 Å². The van der Waals surface area contributed by atoms with Crippen molar-refractivity contribution in [1.29, 1.82) is 0 Å². The normalized spacial score (nSPS) is 17.8. The number of rotatable bonds is 6. The summed E-state index contributed by atoms with van der Waals surface area (Å²) in [5, 5.41) is 0. The van der Waals surface area contributed by atoms with Crippen LogP contribution in [0.4, 0.5) is 0 Å². The summed E-state index contributed by atoms with van der Waals surface area (Å²) in [5.74, 6) is 0. The van der Waals surface area contributed by atoms with Crippen LogP contribution in [0.15, 0.2) is 27.6 Å². The number of nitrogens with zero attached hydrogens (tertiary/aromatic N) is 1. The van der Waals surface area contributed by atoms with Gasteiger partial charge in [-0.3, -0.25) is 0 Å². The zero-order valence-corrected chi connectivity index (χ0v) is 15.2. The van der Waals surface area contributed by atoms with Crippen molar-refractivity contribution in [2.75, 3.05) is 26.2 Å². The number of sulfonamides is 1. The minimum Gasteiger partial charge on any atom is -0.378 e. The Morgan fingerprint density at radius 2 is 2.05 bits per heavy atom. The van der Waals surface area contributed by atoms with Crippen LogP contribution in [0.1, 0.15) is 24.8 Å². The van der Waals surface area contributed by atoms with Gasteiger partial charge in [-0.05, 0) is 56.5 Å². The van der Waals surface area contributed by atoms with Gasteiger partial charge in [0, 0.05) is 24.2 Å². The van der Waals surface area contributed by atoms with E-state index in [0.29, 0.717) is 31.1 Å². The maximum absolute atomic E-state index is 12.7. The van der Waals surface area contributed by atoms with Gasteiger partial charge in [-0.1, -0.05) is 15.9 Å². The molecule has 2 rings (SSSR count). The molecule has 7 heteroatoms. The molecular weight excluding hydrogens is 368 g/mol. The molecule has 0 amide bonds. The SMILES string of the molecule is Cc1cc(Br)ccc1S(=O)(=O)N1CCC(OCCCN)CC1. The van der Waals surface area contributed by atoms with Crippen molar-refractivity contribution in [3.8, 4) is 0 Å². The van der Waals surface area contributed by atoms with E-state index in [4.69, 9.17) is 10.5 Å². The summed E-state index contributed by atoms with van der Waals surface area (Å²) < 4.78 is 33.6. The molecule has 0 spiro atoms. The largest absolute Gasteiger partial charge is 0.378 e. The summed E-state index contributed by atoms with van der Waals surface area (Å²) >= 11 is 3.36. The van der Waals surface area contributed by atoms with Crippen molar-refractivity contribution < 1.29 is 13.2 Å². The summed E-state index contributed by atoms with van der Waals surface area (Å²) in [6.45, 7) is 4.10. The zero-order chi connectivity index (χ0) is 16.2. The number of piperidine rings is 1. The fraction of sp³-hybridized carbons (Fsp3) is 0.600. The molecule has 1 aromatic rings. The molecule has 1 aliphatic heterocycles. The smallest absolute Gasteiger partial charge is 0.243 e. The van der Waals surface area contributed by atoms with Crippen molar-refractivity contribution in [1.82, 2.24) is 4.31 Å². The van der Waals surface area contributed by atoms with Crippen LogP contribution in [0, 0.1) is 6.92 Å². The lowest BCUT2D eigenvalue weighted by Gasteiger charge is -2.31. The first-order valence-electron chi connectivity index (χ1n) is 7.53. The monoisotopic (exact) mass is 390 g/mol. The Morgan fingerprint density at radius 3 is 2.64 bits per heavy atom. The number of benzene rings is 1. The fourth-order valence-corrected chi connectivity index (χ4v) is 4.76. The molecule has 0 aromatic heterocycles. The third kappa shape index (κ3) is 4.29. The Kier molecular flexibility index (Phi) is 6.40. The molecule has 1 saturated heterocycles. The molecule has 124 valence electrons. The van der Waals surface area contributed by atoms with Crippen LogP contribution >= 0.6 is 15.9 Å². The summed E-state index contributed by atoms with van der Waals surface area (Å²) in [5.41, 5.74) is 6.20. The number of hydrogen-bond donors (Lipinski definition) is 1. The molecule has 1 fully saturated rings. The molecule has 0 bridgehead atoms. The van der Waals surface area contributed by atoms with E-state index < -0.39 is 10.0 Å². The molecule has 1 aromatic carbocycles. The maximum atomic E-state index is 12.7. The number of aryl methyl sites for hydroxylation is 1. The molecular formula is C15H23BrN2O3S. The van der Waals surface area contributed by atoms with E-state index in [-0.39, 0.29) is 6.10 Å². The third-order valence-corrected chi connectivity index (χ3v) is 6.41. The Morgan fingerprint density at radius 1 is 1.36 bits per heavy atom. The predicted molar refractivity (Wildman–Crippen MR) is 90.3 cm³/mol. The fourth-order valence-electron chi connectivity index (χ4n) is 2.61. The second-order valence-electron chi connectivity index (χ2n) is 5.53. The van der Waals surface area contributed by atoms with Gasteiger partial charge in [0.1, 0.15) is 0 Å². The minimum atomic E-state index is -3.42. The predicted octanol–water partition coefficient (Wildman–Crippen LogP) is 2.28. The molecule has 0 aliphatic carbocycles. The number of ether oxygens (including phenoxy) is 1. The van der Waals surface area contributed by atoms with Gasteiger partial charge in [-0.2, -0.15) is 4.31 Å². The highest BCUT2D eigenvalue weighted by Gasteiger charge is 2.30. The Hall–Kier alpha value is -0.470. The average molecular weight is 391 g/mol. The van der Waals surface area contributed by atoms with Gasteiger partial charge in [-0.25, -0.2) is 8.42 Å². The van der Waals surface area contributed by atoms with E-state index in [1.165, 1.54) is 0 Å². The molecule has 2 N–H and O–H groups in total. The van der Waals surface area contributed by atoms with E-state index >= 15 is 0 Å². The molecule has 22 heavy (non-hydrogen) atoms. The number of hydrogen-bond acceptors (Lipinski definition) is 4. The zero-order valence-electron chi connectivity index (χ0n) is 12.8. The van der Waals surface area contributed by atoms with Crippen LogP contribution in [0.5, 0.6) is 0 Å². The lowest BCUT2D eigenvalue weighted by Crippen LogP contribution is -2.41. The van der Waals surface area contributed by atoms with Crippen molar-refractivity contribution in [2.24, 2.45) is 5.73 Å². The third-order valence-electron chi connectivity index (χ3n) is 3.86. The quantitative estimate of drug-likeness (QED) is 0.756. The number of nitrogens with two attached hydrogens (primary N) is 1. The van der Waals surface area contributed by atoms with Crippen molar-refractivity contribution >= 4 is 26.0 Å². The summed E-state index contributed by atoms with van der Waals surface area (Å²) in [6.07, 6.45) is 2.46. The van der Waals surface area contributed by atoms with Crippen LogP contribution in [0.25, 0.3) is 0 Å². The molecule has 1 aliphatic rings. The standard InChI is InChI=1S/C15H23BrN2O3S/c1-12-11-13(16)3-4-15(12)22(19,20)18-8-5-14(6-9-18)21-10-2-7-17/h3-4,11,14H,2,5-10,17H2,1H3. The highest BCUT2D eigenvalue weighted by atomic mass is 79.9. The van der Waals surface area contributed by atoms with Crippen LogP contribution in [-0.4, -0.2) is 45.1 Å². The first-order chi connectivity index (χ1) is 10.4. The maximum Gasteiger partial charge on any atom is 0.243 e. The lowest BCUT2D eigenvalue weighted by molar-refractivity contribution is 0.0209. The number of halogens is 1. The van der Waals surface area contributed by atoms with Crippen LogP contribution in [0.2, 0.25) is 0 Å². The summed E-state index contributed by atoms with van der Waals surface area (Å²) in [4.78, 5) is 0.387. The van der Waals surface area contributed by atoms with E-state index in [9.17, 15) is 8.42 Å². The highest BCUT2D eigenvalue weighted by Crippen LogP contribution is 2.26. The minimum absolute atomic E-state index is 0.143. The Labute approximate surface area is 141 Å². The second kappa shape index (κ2) is 7.88. The Balaban J connectivity index is 2.00. The first-order valence-corrected chi connectivity index (χ1v) is 9.76. The van der Waals surface area contributed by atoms with Gasteiger partial charge >= 0.3 is 0 Å². The van der Waals surface area contributed by atoms with E-state index in [2.05, 4.69) is 15.9 Å². The molecule has 0 unspecified atom stereocenters.